The average molecular weight is 289 g/mol. The minimum Gasteiger partial charge on any atom is -0.329 e. The SMILES string of the molecule is Cc1cccc2sc(NC(=O)NCC(F)(F)F)nc12. The van der Waals surface area contributed by atoms with Crippen molar-refractivity contribution in [2.75, 3.05) is 11.9 Å². The predicted molar refractivity (Wildman–Crippen MR) is 67.4 cm³/mol. The molecular formula is C11H10F3N3OS. The quantitative estimate of drug-likeness (QED) is 0.891. The van der Waals surface area contributed by atoms with Crippen LogP contribution in [-0.4, -0.2) is 23.7 Å². The molecule has 0 aliphatic rings. The van der Waals surface area contributed by atoms with Crippen LogP contribution in [0.5, 0.6) is 0 Å². The second-order valence-corrected chi connectivity index (χ2v) is 4.89. The fourth-order valence-corrected chi connectivity index (χ4v) is 2.40. The number of hydrogen-bond acceptors (Lipinski definition) is 3. The molecule has 19 heavy (non-hydrogen) atoms. The van der Waals surface area contributed by atoms with E-state index >= 15 is 0 Å². The third-order valence-corrected chi connectivity index (χ3v) is 3.23. The normalized spacial score (nSPS) is 11.6. The highest BCUT2D eigenvalue weighted by Gasteiger charge is 2.27. The first-order valence-corrected chi connectivity index (χ1v) is 6.14. The van der Waals surface area contributed by atoms with Gasteiger partial charge in [-0.15, -0.1) is 0 Å². The van der Waals surface area contributed by atoms with Gasteiger partial charge >= 0.3 is 12.2 Å². The number of carbonyl (C=O) groups excluding carboxylic acids is 1. The van der Waals surface area contributed by atoms with Crippen molar-refractivity contribution in [3.8, 4) is 0 Å². The summed E-state index contributed by atoms with van der Waals surface area (Å²) >= 11 is 1.21. The molecule has 0 atom stereocenters. The third-order valence-electron chi connectivity index (χ3n) is 2.29. The molecule has 1 aromatic carbocycles. The third kappa shape index (κ3) is 3.57. The second-order valence-electron chi connectivity index (χ2n) is 3.86. The number of fused-ring (bicyclic) bond motifs is 1. The molecule has 0 saturated carbocycles. The maximum Gasteiger partial charge on any atom is 0.405 e. The number of halogens is 3. The number of nitrogens with zero attached hydrogens (tertiary/aromatic N) is 1. The van der Waals surface area contributed by atoms with E-state index in [1.807, 2.05) is 25.1 Å². The van der Waals surface area contributed by atoms with Gasteiger partial charge in [0.1, 0.15) is 6.54 Å². The van der Waals surface area contributed by atoms with Crippen molar-refractivity contribution in [2.24, 2.45) is 0 Å². The molecule has 2 rings (SSSR count). The Kier molecular flexibility index (Phi) is 3.61. The fraction of sp³-hybridized carbons (Fsp3) is 0.273. The van der Waals surface area contributed by atoms with Crippen LogP contribution in [0.4, 0.5) is 23.1 Å². The van der Waals surface area contributed by atoms with Crippen molar-refractivity contribution in [1.82, 2.24) is 10.3 Å². The lowest BCUT2D eigenvalue weighted by Crippen LogP contribution is -2.36. The highest BCUT2D eigenvalue weighted by atomic mass is 32.1. The standard InChI is InChI=1S/C11H10F3N3OS/c1-6-3-2-4-7-8(6)16-10(19-7)17-9(18)15-5-11(12,13)14/h2-4H,5H2,1H3,(H2,15,16,17,18). The van der Waals surface area contributed by atoms with Crippen LogP contribution in [-0.2, 0) is 0 Å². The number of thiazole rings is 1. The van der Waals surface area contributed by atoms with E-state index in [1.165, 1.54) is 11.3 Å². The van der Waals surface area contributed by atoms with Gasteiger partial charge in [-0.3, -0.25) is 5.32 Å². The van der Waals surface area contributed by atoms with Crippen molar-refractivity contribution in [3.05, 3.63) is 23.8 Å². The van der Waals surface area contributed by atoms with Gasteiger partial charge in [-0.1, -0.05) is 23.5 Å². The first-order chi connectivity index (χ1) is 8.85. The van der Waals surface area contributed by atoms with E-state index in [4.69, 9.17) is 0 Å². The highest BCUT2D eigenvalue weighted by Crippen LogP contribution is 2.27. The van der Waals surface area contributed by atoms with E-state index < -0.39 is 18.8 Å². The lowest BCUT2D eigenvalue weighted by atomic mass is 10.2. The number of amides is 2. The Bertz CT molecular complexity index is 609. The number of rotatable bonds is 2. The molecule has 1 heterocycles. The van der Waals surface area contributed by atoms with Gasteiger partial charge in [-0.25, -0.2) is 9.78 Å². The van der Waals surface area contributed by atoms with E-state index in [1.54, 1.807) is 5.32 Å². The summed E-state index contributed by atoms with van der Waals surface area (Å²) in [6.07, 6.45) is -4.43. The molecule has 0 saturated heterocycles. The molecule has 2 N–H and O–H groups in total. The first kappa shape index (κ1) is 13.6. The van der Waals surface area contributed by atoms with Gasteiger partial charge in [-0.05, 0) is 18.6 Å². The zero-order valence-corrected chi connectivity index (χ0v) is 10.7. The molecule has 0 aliphatic carbocycles. The number of aryl methyl sites for hydroxylation is 1. The van der Waals surface area contributed by atoms with Crippen LogP contribution in [0.3, 0.4) is 0 Å². The number of alkyl halides is 3. The minimum atomic E-state index is -4.43. The lowest BCUT2D eigenvalue weighted by molar-refractivity contribution is -0.122. The molecule has 0 bridgehead atoms. The summed E-state index contributed by atoms with van der Waals surface area (Å²) in [7, 11) is 0. The lowest BCUT2D eigenvalue weighted by Gasteiger charge is -2.07. The number of benzene rings is 1. The van der Waals surface area contributed by atoms with Gasteiger partial charge in [0.2, 0.25) is 0 Å². The Morgan fingerprint density at radius 2 is 2.16 bits per heavy atom. The maximum absolute atomic E-state index is 11.9. The summed E-state index contributed by atoms with van der Waals surface area (Å²) in [5, 5.41) is 4.28. The summed E-state index contributed by atoms with van der Waals surface area (Å²) in [6, 6.07) is 4.63. The number of nitrogens with one attached hydrogen (secondary N) is 2. The van der Waals surface area contributed by atoms with Crippen LogP contribution in [0.2, 0.25) is 0 Å². The molecule has 102 valence electrons. The Hall–Kier alpha value is -1.83. The smallest absolute Gasteiger partial charge is 0.329 e. The largest absolute Gasteiger partial charge is 0.405 e. The van der Waals surface area contributed by atoms with Gasteiger partial charge in [0.25, 0.3) is 0 Å². The summed E-state index contributed by atoms with van der Waals surface area (Å²) in [4.78, 5) is 15.4. The fourth-order valence-electron chi connectivity index (χ4n) is 1.46. The van der Waals surface area contributed by atoms with Gasteiger partial charge in [0.05, 0.1) is 10.2 Å². The Balaban J connectivity index is 2.05. The zero-order valence-electron chi connectivity index (χ0n) is 9.84. The van der Waals surface area contributed by atoms with E-state index in [-0.39, 0.29) is 5.13 Å². The van der Waals surface area contributed by atoms with Crippen molar-refractivity contribution >= 4 is 32.7 Å². The topological polar surface area (TPSA) is 54.0 Å². The van der Waals surface area contributed by atoms with E-state index in [9.17, 15) is 18.0 Å². The van der Waals surface area contributed by atoms with Crippen LogP contribution in [0.15, 0.2) is 18.2 Å². The molecule has 0 radical (unpaired) electrons. The van der Waals surface area contributed by atoms with Crippen molar-refractivity contribution in [1.29, 1.82) is 0 Å². The number of hydrogen-bond donors (Lipinski definition) is 2. The van der Waals surface area contributed by atoms with Crippen molar-refractivity contribution in [2.45, 2.75) is 13.1 Å². The molecule has 0 spiro atoms. The van der Waals surface area contributed by atoms with E-state index in [0.29, 0.717) is 0 Å². The number of carbonyl (C=O) groups is 1. The molecule has 2 aromatic rings. The number of aromatic nitrogens is 1. The minimum absolute atomic E-state index is 0.268. The molecule has 1 aromatic heterocycles. The highest BCUT2D eigenvalue weighted by molar-refractivity contribution is 7.22. The van der Waals surface area contributed by atoms with Crippen LogP contribution < -0.4 is 10.6 Å². The zero-order chi connectivity index (χ0) is 14.0. The summed E-state index contributed by atoms with van der Waals surface area (Å²) < 4.78 is 36.6. The Morgan fingerprint density at radius 3 is 2.79 bits per heavy atom. The van der Waals surface area contributed by atoms with Crippen LogP contribution in [0, 0.1) is 6.92 Å². The average Bonchev–Trinajstić information content (AvgIpc) is 2.69. The Morgan fingerprint density at radius 1 is 1.42 bits per heavy atom. The molecule has 0 fully saturated rings. The van der Waals surface area contributed by atoms with Gasteiger partial charge in [0.15, 0.2) is 5.13 Å². The molecule has 0 aliphatic heterocycles. The molecular weight excluding hydrogens is 279 g/mol. The van der Waals surface area contributed by atoms with Crippen LogP contribution in [0.1, 0.15) is 5.56 Å². The summed E-state index contributed by atoms with van der Waals surface area (Å²) in [5.74, 6) is 0. The van der Waals surface area contributed by atoms with Gasteiger partial charge in [0, 0.05) is 0 Å². The monoisotopic (exact) mass is 289 g/mol. The summed E-state index contributed by atoms with van der Waals surface area (Å²) in [6.45, 7) is 0.498. The molecule has 4 nitrogen and oxygen atoms in total. The summed E-state index contributed by atoms with van der Waals surface area (Å²) in [5.41, 5.74) is 1.68. The number of anilines is 1. The van der Waals surface area contributed by atoms with Crippen LogP contribution in [0.25, 0.3) is 10.2 Å². The molecule has 8 heteroatoms. The number of urea groups is 1. The molecule has 0 unspecified atom stereocenters. The first-order valence-electron chi connectivity index (χ1n) is 5.33. The van der Waals surface area contributed by atoms with E-state index in [0.717, 1.165) is 15.8 Å². The van der Waals surface area contributed by atoms with Crippen molar-refractivity contribution in [3.63, 3.8) is 0 Å². The van der Waals surface area contributed by atoms with Gasteiger partial charge < -0.3 is 5.32 Å². The predicted octanol–water partition coefficient (Wildman–Crippen LogP) is 3.29. The van der Waals surface area contributed by atoms with Crippen LogP contribution >= 0.6 is 11.3 Å². The molecule has 2 amide bonds. The van der Waals surface area contributed by atoms with E-state index in [2.05, 4.69) is 10.3 Å². The van der Waals surface area contributed by atoms with Gasteiger partial charge in [-0.2, -0.15) is 13.2 Å². The number of para-hydroxylation sites is 1. The maximum atomic E-state index is 11.9. The second kappa shape index (κ2) is 5.04. The van der Waals surface area contributed by atoms with Crippen molar-refractivity contribution < 1.29 is 18.0 Å². The Labute approximate surface area is 110 Å².